The molecule has 1 atom stereocenters. The number of carbonyl (C=O) groups is 1. The summed E-state index contributed by atoms with van der Waals surface area (Å²) >= 11 is 7.53. The summed E-state index contributed by atoms with van der Waals surface area (Å²) in [6.45, 7) is 1.90. The van der Waals surface area contributed by atoms with Crippen LogP contribution in [-0.4, -0.2) is 24.0 Å². The third kappa shape index (κ3) is 4.58. The fourth-order valence-electron chi connectivity index (χ4n) is 1.37. The highest BCUT2D eigenvalue weighted by Crippen LogP contribution is 2.19. The molecule has 0 aromatic heterocycles. The average Bonchev–Trinajstić information content (AvgIpc) is 2.29. The van der Waals surface area contributed by atoms with E-state index in [1.807, 2.05) is 19.2 Å². The van der Waals surface area contributed by atoms with Gasteiger partial charge in [-0.05, 0) is 49.1 Å². The van der Waals surface area contributed by atoms with Crippen LogP contribution in [0.2, 0.25) is 5.02 Å². The SMILES string of the molecule is CSCC[C@@H](N)C(=O)Nc1ccc(Cl)cc1C. The maximum absolute atomic E-state index is 11.8. The maximum atomic E-state index is 11.8. The third-order valence-electron chi connectivity index (χ3n) is 2.42. The van der Waals surface area contributed by atoms with Crippen LogP contribution in [-0.2, 0) is 4.79 Å². The zero-order valence-corrected chi connectivity index (χ0v) is 11.6. The van der Waals surface area contributed by atoms with Crippen LogP contribution in [0.25, 0.3) is 0 Å². The Bertz CT molecular complexity index is 398. The number of hydrogen-bond donors (Lipinski definition) is 2. The van der Waals surface area contributed by atoms with Gasteiger partial charge in [-0.25, -0.2) is 0 Å². The van der Waals surface area contributed by atoms with Crippen molar-refractivity contribution in [3.8, 4) is 0 Å². The fourth-order valence-corrected chi connectivity index (χ4v) is 2.08. The lowest BCUT2D eigenvalue weighted by Crippen LogP contribution is -2.36. The number of benzene rings is 1. The molecule has 1 amide bonds. The van der Waals surface area contributed by atoms with Gasteiger partial charge < -0.3 is 11.1 Å². The van der Waals surface area contributed by atoms with E-state index in [9.17, 15) is 4.79 Å². The van der Waals surface area contributed by atoms with Crippen LogP contribution in [0.1, 0.15) is 12.0 Å². The predicted molar refractivity (Wildman–Crippen MR) is 75.8 cm³/mol. The molecular formula is C12H17ClN2OS. The van der Waals surface area contributed by atoms with E-state index in [4.69, 9.17) is 17.3 Å². The van der Waals surface area contributed by atoms with E-state index in [0.29, 0.717) is 11.4 Å². The minimum absolute atomic E-state index is 0.149. The van der Waals surface area contributed by atoms with E-state index in [1.165, 1.54) is 0 Å². The first-order chi connectivity index (χ1) is 8.04. The number of nitrogens with one attached hydrogen (secondary N) is 1. The van der Waals surface area contributed by atoms with Gasteiger partial charge in [0.25, 0.3) is 0 Å². The van der Waals surface area contributed by atoms with Crippen LogP contribution in [0.4, 0.5) is 5.69 Å². The number of halogens is 1. The molecule has 0 radical (unpaired) electrons. The normalized spacial score (nSPS) is 12.2. The van der Waals surface area contributed by atoms with Gasteiger partial charge >= 0.3 is 0 Å². The number of carbonyl (C=O) groups excluding carboxylic acids is 1. The Hall–Kier alpha value is -0.710. The highest BCUT2D eigenvalue weighted by atomic mass is 35.5. The second kappa shape index (κ2) is 6.89. The van der Waals surface area contributed by atoms with E-state index < -0.39 is 6.04 Å². The number of thioether (sulfide) groups is 1. The Kier molecular flexibility index (Phi) is 5.82. The first-order valence-electron chi connectivity index (χ1n) is 5.36. The van der Waals surface area contributed by atoms with Crippen LogP contribution >= 0.6 is 23.4 Å². The lowest BCUT2D eigenvalue weighted by molar-refractivity contribution is -0.117. The molecule has 1 rings (SSSR count). The molecule has 1 aromatic carbocycles. The largest absolute Gasteiger partial charge is 0.324 e. The van der Waals surface area contributed by atoms with Crippen molar-refractivity contribution in [2.24, 2.45) is 5.73 Å². The number of aryl methyl sites for hydroxylation is 1. The molecule has 17 heavy (non-hydrogen) atoms. The standard InChI is InChI=1S/C12H17ClN2OS/c1-8-7-9(13)3-4-11(8)15-12(16)10(14)5-6-17-2/h3-4,7,10H,5-6,14H2,1-2H3,(H,15,16)/t10-/m1/s1. The lowest BCUT2D eigenvalue weighted by atomic mass is 10.1. The Balaban J connectivity index is 2.61. The Morgan fingerprint density at radius 2 is 2.29 bits per heavy atom. The van der Waals surface area contributed by atoms with Crippen molar-refractivity contribution in [1.82, 2.24) is 0 Å². The topological polar surface area (TPSA) is 55.1 Å². The molecule has 5 heteroatoms. The quantitative estimate of drug-likeness (QED) is 0.866. The molecule has 0 aliphatic heterocycles. The predicted octanol–water partition coefficient (Wildman–Crippen LogP) is 2.67. The summed E-state index contributed by atoms with van der Waals surface area (Å²) in [4.78, 5) is 11.8. The lowest BCUT2D eigenvalue weighted by Gasteiger charge is -2.13. The molecule has 94 valence electrons. The summed E-state index contributed by atoms with van der Waals surface area (Å²) < 4.78 is 0. The zero-order chi connectivity index (χ0) is 12.8. The van der Waals surface area contributed by atoms with Crippen LogP contribution in [0.5, 0.6) is 0 Å². The summed E-state index contributed by atoms with van der Waals surface area (Å²) in [7, 11) is 0. The van der Waals surface area contributed by atoms with Crippen molar-refractivity contribution in [1.29, 1.82) is 0 Å². The molecule has 0 aliphatic carbocycles. The first kappa shape index (κ1) is 14.4. The van der Waals surface area contributed by atoms with Crippen molar-refractivity contribution < 1.29 is 4.79 Å². The van der Waals surface area contributed by atoms with Gasteiger partial charge in [0.05, 0.1) is 6.04 Å². The summed E-state index contributed by atoms with van der Waals surface area (Å²) in [5.41, 5.74) is 7.48. The first-order valence-corrected chi connectivity index (χ1v) is 7.13. The molecule has 1 aromatic rings. The molecule has 0 saturated carbocycles. The van der Waals surface area contributed by atoms with E-state index in [-0.39, 0.29) is 5.91 Å². The summed E-state index contributed by atoms with van der Waals surface area (Å²) in [6.07, 6.45) is 2.67. The van der Waals surface area contributed by atoms with Gasteiger partial charge in [0.15, 0.2) is 0 Å². The van der Waals surface area contributed by atoms with Crippen molar-refractivity contribution >= 4 is 35.0 Å². The monoisotopic (exact) mass is 272 g/mol. The van der Waals surface area contributed by atoms with Gasteiger partial charge in [-0.1, -0.05) is 11.6 Å². The van der Waals surface area contributed by atoms with Crippen LogP contribution in [0, 0.1) is 6.92 Å². The summed E-state index contributed by atoms with van der Waals surface area (Å²) in [5.74, 6) is 0.734. The number of nitrogens with two attached hydrogens (primary N) is 1. The van der Waals surface area contributed by atoms with Gasteiger partial charge in [0, 0.05) is 10.7 Å². The molecule has 0 fully saturated rings. The molecule has 0 aliphatic rings. The highest BCUT2D eigenvalue weighted by Gasteiger charge is 2.13. The molecule has 0 saturated heterocycles. The molecule has 0 heterocycles. The summed E-state index contributed by atoms with van der Waals surface area (Å²) in [6, 6.07) is 4.89. The molecule has 0 bridgehead atoms. The van der Waals surface area contributed by atoms with E-state index >= 15 is 0 Å². The molecule has 0 unspecified atom stereocenters. The zero-order valence-electron chi connectivity index (χ0n) is 10.00. The van der Waals surface area contributed by atoms with Gasteiger partial charge in [-0.15, -0.1) is 0 Å². The Morgan fingerprint density at radius 1 is 1.59 bits per heavy atom. The third-order valence-corrected chi connectivity index (χ3v) is 3.30. The molecular weight excluding hydrogens is 256 g/mol. The Morgan fingerprint density at radius 3 is 2.88 bits per heavy atom. The van der Waals surface area contributed by atoms with E-state index in [2.05, 4.69) is 5.32 Å². The number of anilines is 1. The molecule has 3 nitrogen and oxygen atoms in total. The van der Waals surface area contributed by atoms with Crippen LogP contribution in [0.3, 0.4) is 0 Å². The second-order valence-corrected chi connectivity index (χ2v) is 5.26. The van der Waals surface area contributed by atoms with Crippen molar-refractivity contribution in [2.75, 3.05) is 17.3 Å². The van der Waals surface area contributed by atoms with Gasteiger partial charge in [-0.2, -0.15) is 11.8 Å². The minimum Gasteiger partial charge on any atom is -0.324 e. The minimum atomic E-state index is -0.461. The van der Waals surface area contributed by atoms with Crippen molar-refractivity contribution in [2.45, 2.75) is 19.4 Å². The smallest absolute Gasteiger partial charge is 0.241 e. The van der Waals surface area contributed by atoms with Crippen LogP contribution in [0.15, 0.2) is 18.2 Å². The fraction of sp³-hybridized carbons (Fsp3) is 0.417. The van der Waals surface area contributed by atoms with Crippen molar-refractivity contribution in [3.63, 3.8) is 0 Å². The van der Waals surface area contributed by atoms with E-state index in [0.717, 1.165) is 17.0 Å². The van der Waals surface area contributed by atoms with E-state index in [1.54, 1.807) is 23.9 Å². The average molecular weight is 273 g/mol. The van der Waals surface area contributed by atoms with Gasteiger partial charge in [0.1, 0.15) is 0 Å². The number of amides is 1. The Labute approximate surface area is 111 Å². The molecule has 0 spiro atoms. The van der Waals surface area contributed by atoms with Gasteiger partial charge in [-0.3, -0.25) is 4.79 Å². The number of rotatable bonds is 5. The van der Waals surface area contributed by atoms with Crippen molar-refractivity contribution in [3.05, 3.63) is 28.8 Å². The number of hydrogen-bond acceptors (Lipinski definition) is 3. The van der Waals surface area contributed by atoms with Gasteiger partial charge in [0.2, 0.25) is 5.91 Å². The highest BCUT2D eigenvalue weighted by molar-refractivity contribution is 7.98. The summed E-state index contributed by atoms with van der Waals surface area (Å²) in [5, 5.41) is 3.47. The van der Waals surface area contributed by atoms with Crippen LogP contribution < -0.4 is 11.1 Å². The second-order valence-electron chi connectivity index (χ2n) is 3.84. The maximum Gasteiger partial charge on any atom is 0.241 e. The molecule has 3 N–H and O–H groups in total.